The van der Waals surface area contributed by atoms with Crippen molar-refractivity contribution in [2.75, 3.05) is 0 Å². The van der Waals surface area contributed by atoms with Gasteiger partial charge in [-0.2, -0.15) is 0 Å². The monoisotopic (exact) mass is 312 g/mol. The van der Waals surface area contributed by atoms with E-state index in [1.165, 1.54) is 13.0 Å². The van der Waals surface area contributed by atoms with Crippen molar-refractivity contribution in [2.24, 2.45) is 0 Å². The number of rotatable bonds is 4. The maximum atomic E-state index is 11.1. The topological polar surface area (TPSA) is 74.6 Å². The predicted molar refractivity (Wildman–Crippen MR) is 68.5 cm³/mol. The van der Waals surface area contributed by atoms with E-state index in [0.717, 1.165) is 6.08 Å². The number of benzene rings is 1. The Hall–Kier alpha value is -0.0700. The fraction of sp³-hybridized carbons (Fsp3) is 0.0769. The number of carbonyl (C=O) groups is 2. The van der Waals surface area contributed by atoms with E-state index in [4.69, 9.17) is 21.8 Å². The van der Waals surface area contributed by atoms with Gasteiger partial charge in [0.2, 0.25) is 0 Å². The molecule has 0 saturated heterocycles. The molecule has 0 atom stereocenters. The van der Waals surface area contributed by atoms with Gasteiger partial charge < -0.3 is 10.2 Å². The van der Waals surface area contributed by atoms with E-state index in [2.05, 4.69) is 0 Å². The van der Waals surface area contributed by atoms with Crippen molar-refractivity contribution in [3.8, 4) is 0 Å². The van der Waals surface area contributed by atoms with E-state index in [-0.39, 0.29) is 70.3 Å². The molecule has 0 aliphatic carbocycles. The Morgan fingerprint density at radius 3 is 2.00 bits per heavy atom. The van der Waals surface area contributed by atoms with Crippen molar-refractivity contribution in [3.05, 3.63) is 52.1 Å². The molecular formula is C13H11ClNa2O4+2. The molecule has 0 fully saturated rings. The van der Waals surface area contributed by atoms with E-state index in [0.29, 0.717) is 10.6 Å². The number of aliphatic carboxylic acids is 2. The zero-order valence-electron chi connectivity index (χ0n) is 11.6. The molecule has 4 nitrogen and oxygen atoms in total. The minimum atomic E-state index is -1.18. The van der Waals surface area contributed by atoms with Gasteiger partial charge in [0, 0.05) is 11.1 Å². The molecule has 0 aliphatic heterocycles. The van der Waals surface area contributed by atoms with Gasteiger partial charge in [0.15, 0.2) is 0 Å². The second kappa shape index (κ2) is 10.6. The Balaban J connectivity index is 0. The summed E-state index contributed by atoms with van der Waals surface area (Å²) in [5.41, 5.74) is 0.736. The first-order valence-corrected chi connectivity index (χ1v) is 5.40. The summed E-state index contributed by atoms with van der Waals surface area (Å²) in [5.74, 6) is -2.37. The van der Waals surface area contributed by atoms with Gasteiger partial charge in [0.25, 0.3) is 0 Å². The molecule has 0 bridgehead atoms. The van der Waals surface area contributed by atoms with Crippen molar-refractivity contribution in [1.29, 1.82) is 0 Å². The van der Waals surface area contributed by atoms with Crippen LogP contribution < -0.4 is 59.1 Å². The van der Waals surface area contributed by atoms with Crippen LogP contribution in [0.2, 0.25) is 5.02 Å². The molecule has 0 aromatic heterocycles. The van der Waals surface area contributed by atoms with Crippen molar-refractivity contribution < 1.29 is 78.9 Å². The van der Waals surface area contributed by atoms with Crippen LogP contribution in [0.25, 0.3) is 6.08 Å². The van der Waals surface area contributed by atoms with Gasteiger partial charge >= 0.3 is 71.1 Å². The number of hydrogen-bond donors (Lipinski definition) is 2. The molecule has 0 heterocycles. The summed E-state index contributed by atoms with van der Waals surface area (Å²) in [6.45, 7) is 1.43. The summed E-state index contributed by atoms with van der Waals surface area (Å²) in [4.78, 5) is 21.6. The molecule has 1 aromatic rings. The summed E-state index contributed by atoms with van der Waals surface area (Å²) in [7, 11) is 0. The summed E-state index contributed by atoms with van der Waals surface area (Å²) in [5, 5.41) is 18.2. The molecule has 1 aromatic carbocycles. The molecule has 0 saturated carbocycles. The van der Waals surface area contributed by atoms with Crippen molar-refractivity contribution in [2.45, 2.75) is 6.92 Å². The quantitative estimate of drug-likeness (QED) is 0.350. The van der Waals surface area contributed by atoms with E-state index in [1.54, 1.807) is 24.3 Å². The molecular weight excluding hydrogens is 302 g/mol. The molecule has 20 heavy (non-hydrogen) atoms. The molecule has 0 unspecified atom stereocenters. The Morgan fingerprint density at radius 1 is 1.10 bits per heavy atom. The van der Waals surface area contributed by atoms with Crippen LogP contribution in [0.1, 0.15) is 12.5 Å². The Kier molecular flexibility index (Phi) is 11.8. The fourth-order valence-corrected chi connectivity index (χ4v) is 1.46. The average molecular weight is 313 g/mol. The van der Waals surface area contributed by atoms with Crippen LogP contribution in [0, 0.1) is 0 Å². The minimum Gasteiger partial charge on any atom is -0.478 e. The fourth-order valence-electron chi connectivity index (χ4n) is 1.33. The van der Waals surface area contributed by atoms with E-state index >= 15 is 0 Å². The first-order chi connectivity index (χ1) is 8.40. The molecule has 2 N–H and O–H groups in total. The predicted octanol–water partition coefficient (Wildman–Crippen LogP) is -3.15. The summed E-state index contributed by atoms with van der Waals surface area (Å²) < 4.78 is 0. The molecule has 0 spiro atoms. The molecule has 0 aliphatic rings. The number of carboxylic acids is 2. The Labute approximate surface area is 166 Å². The van der Waals surface area contributed by atoms with Gasteiger partial charge in [0.1, 0.15) is 0 Å². The van der Waals surface area contributed by atoms with Crippen molar-refractivity contribution >= 4 is 29.6 Å². The van der Waals surface area contributed by atoms with Crippen LogP contribution in [-0.4, -0.2) is 22.2 Å². The number of halogens is 1. The minimum absolute atomic E-state index is 0. The maximum Gasteiger partial charge on any atom is 1.00 e. The van der Waals surface area contributed by atoms with Gasteiger partial charge in [-0.1, -0.05) is 23.7 Å². The third kappa shape index (κ3) is 7.64. The zero-order chi connectivity index (χ0) is 13.7. The second-order valence-electron chi connectivity index (χ2n) is 3.58. The van der Waals surface area contributed by atoms with E-state index in [9.17, 15) is 9.59 Å². The van der Waals surface area contributed by atoms with Crippen molar-refractivity contribution in [3.63, 3.8) is 0 Å². The van der Waals surface area contributed by atoms with Crippen LogP contribution >= 0.6 is 11.6 Å². The van der Waals surface area contributed by atoms with Crippen LogP contribution in [-0.2, 0) is 9.59 Å². The van der Waals surface area contributed by atoms with Crippen LogP contribution in [0.3, 0.4) is 0 Å². The number of carboxylic acid groups (broad SMARTS) is 2. The van der Waals surface area contributed by atoms with Gasteiger partial charge in [-0.15, -0.1) is 0 Å². The smallest absolute Gasteiger partial charge is 0.478 e. The van der Waals surface area contributed by atoms with Crippen LogP contribution in [0.4, 0.5) is 0 Å². The first kappa shape index (κ1) is 22.2. The molecule has 1 rings (SSSR count). The van der Waals surface area contributed by atoms with Gasteiger partial charge in [-0.25, -0.2) is 9.59 Å². The molecule has 7 heteroatoms. The molecule has 0 radical (unpaired) electrons. The Bertz CT molecular complexity index is 536. The zero-order valence-corrected chi connectivity index (χ0v) is 16.3. The largest absolute Gasteiger partial charge is 1.00 e. The summed E-state index contributed by atoms with van der Waals surface area (Å²) in [6, 6.07) is 6.56. The maximum absolute atomic E-state index is 11.1. The first-order valence-electron chi connectivity index (χ1n) is 5.02. The normalized spacial score (nSPS) is 11.1. The summed E-state index contributed by atoms with van der Waals surface area (Å²) >= 11 is 5.72. The standard InChI is InChI=1S/C13H11ClO4.2Na/c1-8(6-12(15)16)11(13(17)18)7-9-2-4-10(14)5-3-9;;/h2-7H,1H3,(H,15,16)(H,17,18);;/q;2*+1/b8-6+,11-7+;;. The van der Waals surface area contributed by atoms with Gasteiger partial charge in [-0.3, -0.25) is 0 Å². The van der Waals surface area contributed by atoms with E-state index in [1.807, 2.05) is 0 Å². The third-order valence-corrected chi connectivity index (χ3v) is 2.43. The molecule has 94 valence electrons. The number of hydrogen-bond acceptors (Lipinski definition) is 2. The van der Waals surface area contributed by atoms with Crippen LogP contribution in [0.15, 0.2) is 41.5 Å². The third-order valence-electron chi connectivity index (χ3n) is 2.18. The Morgan fingerprint density at radius 2 is 1.60 bits per heavy atom. The van der Waals surface area contributed by atoms with E-state index < -0.39 is 11.9 Å². The van der Waals surface area contributed by atoms with Gasteiger partial charge in [-0.05, 0) is 36.3 Å². The molecule has 0 amide bonds. The van der Waals surface area contributed by atoms with Crippen LogP contribution in [0.5, 0.6) is 0 Å². The average Bonchev–Trinajstić information content (AvgIpc) is 2.26. The SMILES string of the molecule is CC(=C\C(=O)O)/C(=C\c1ccc(Cl)cc1)C(=O)O.[Na+].[Na+]. The summed E-state index contributed by atoms with van der Waals surface area (Å²) in [6.07, 6.45) is 2.25. The second-order valence-corrected chi connectivity index (χ2v) is 4.02. The van der Waals surface area contributed by atoms with Gasteiger partial charge in [0.05, 0.1) is 5.57 Å². The van der Waals surface area contributed by atoms with Crippen molar-refractivity contribution in [1.82, 2.24) is 0 Å².